The van der Waals surface area contributed by atoms with Gasteiger partial charge in [0, 0.05) is 43.6 Å². The smallest absolute Gasteiger partial charge is 0.272 e. The van der Waals surface area contributed by atoms with Crippen molar-refractivity contribution in [1.82, 2.24) is 14.9 Å². The van der Waals surface area contributed by atoms with Crippen molar-refractivity contribution in [1.29, 1.82) is 0 Å². The van der Waals surface area contributed by atoms with E-state index >= 15 is 0 Å². The molecule has 1 aliphatic rings. The molecule has 0 unspecified atom stereocenters. The van der Waals surface area contributed by atoms with Crippen LogP contribution in [0.25, 0.3) is 0 Å². The van der Waals surface area contributed by atoms with E-state index in [1.165, 1.54) is 12.0 Å². The van der Waals surface area contributed by atoms with E-state index in [0.717, 1.165) is 44.7 Å². The van der Waals surface area contributed by atoms with Crippen LogP contribution in [0.15, 0.2) is 36.7 Å². The Morgan fingerprint density at radius 3 is 2.44 bits per heavy atom. The fourth-order valence-corrected chi connectivity index (χ4v) is 3.12. The molecule has 6 heteroatoms. The molecule has 1 aromatic heterocycles. The van der Waals surface area contributed by atoms with Gasteiger partial charge in [-0.1, -0.05) is 0 Å². The molecule has 3 rings (SSSR count). The largest absolute Gasteiger partial charge is 0.372 e. The van der Waals surface area contributed by atoms with Crippen molar-refractivity contribution < 1.29 is 4.79 Å². The first-order valence-electron chi connectivity index (χ1n) is 8.94. The number of rotatable bonds is 6. The minimum atomic E-state index is -0.0140. The molecule has 0 atom stereocenters. The van der Waals surface area contributed by atoms with Crippen molar-refractivity contribution in [3.05, 3.63) is 42.4 Å². The van der Waals surface area contributed by atoms with Crippen molar-refractivity contribution in [3.8, 4) is 0 Å². The van der Waals surface area contributed by atoms with Crippen LogP contribution in [0, 0.1) is 0 Å². The van der Waals surface area contributed by atoms with Gasteiger partial charge in [-0.05, 0) is 51.0 Å². The van der Waals surface area contributed by atoms with Crippen LogP contribution in [0.4, 0.5) is 17.2 Å². The second-order valence-corrected chi connectivity index (χ2v) is 6.13. The Bertz CT molecular complexity index is 706. The summed E-state index contributed by atoms with van der Waals surface area (Å²) < 4.78 is 0. The molecule has 1 saturated heterocycles. The van der Waals surface area contributed by atoms with Gasteiger partial charge in [-0.25, -0.2) is 9.97 Å². The number of carbonyl (C=O) groups is 1. The Morgan fingerprint density at radius 2 is 1.80 bits per heavy atom. The average Bonchev–Trinajstić information content (AvgIpc) is 3.18. The standard InChI is InChI=1S/C19H25N5O/c1-3-23(4-2)16-9-7-15(8-10-16)22-18-13-17(20-14-21-18)19(25)24-11-5-6-12-24/h7-10,13-14H,3-6,11-12H2,1-2H3,(H,20,21,22). The molecule has 0 saturated carbocycles. The summed E-state index contributed by atoms with van der Waals surface area (Å²) in [6.45, 7) is 7.90. The first-order valence-corrected chi connectivity index (χ1v) is 8.94. The maximum atomic E-state index is 12.4. The lowest BCUT2D eigenvalue weighted by atomic mass is 10.2. The molecule has 1 N–H and O–H groups in total. The summed E-state index contributed by atoms with van der Waals surface area (Å²) in [4.78, 5) is 25.0. The summed E-state index contributed by atoms with van der Waals surface area (Å²) >= 11 is 0. The van der Waals surface area contributed by atoms with Crippen LogP contribution < -0.4 is 10.2 Å². The van der Waals surface area contributed by atoms with Gasteiger partial charge in [0.2, 0.25) is 0 Å². The molecule has 0 radical (unpaired) electrons. The highest BCUT2D eigenvalue weighted by Gasteiger charge is 2.20. The third kappa shape index (κ3) is 4.07. The normalized spacial score (nSPS) is 13.8. The molecule has 25 heavy (non-hydrogen) atoms. The molecule has 1 amide bonds. The molecular weight excluding hydrogens is 314 g/mol. The molecule has 0 aliphatic carbocycles. The number of benzene rings is 1. The van der Waals surface area contributed by atoms with Crippen LogP contribution >= 0.6 is 0 Å². The highest BCUT2D eigenvalue weighted by atomic mass is 16.2. The van der Waals surface area contributed by atoms with Crippen molar-refractivity contribution in [3.63, 3.8) is 0 Å². The molecule has 1 aliphatic heterocycles. The van der Waals surface area contributed by atoms with Crippen LogP contribution in [0.3, 0.4) is 0 Å². The number of hydrogen-bond acceptors (Lipinski definition) is 5. The third-order valence-corrected chi connectivity index (χ3v) is 4.55. The fourth-order valence-electron chi connectivity index (χ4n) is 3.12. The summed E-state index contributed by atoms with van der Waals surface area (Å²) in [6.07, 6.45) is 3.58. The zero-order valence-electron chi connectivity index (χ0n) is 14.9. The van der Waals surface area contributed by atoms with Crippen molar-refractivity contribution in [2.75, 3.05) is 36.4 Å². The molecule has 0 spiro atoms. The molecule has 1 fully saturated rings. The van der Waals surface area contributed by atoms with Crippen LogP contribution in [0.1, 0.15) is 37.2 Å². The minimum absolute atomic E-state index is 0.0140. The second kappa shape index (κ2) is 7.96. The van der Waals surface area contributed by atoms with Gasteiger partial charge in [0.15, 0.2) is 0 Å². The predicted octanol–water partition coefficient (Wildman–Crippen LogP) is 3.30. The van der Waals surface area contributed by atoms with E-state index in [2.05, 4.69) is 46.2 Å². The highest BCUT2D eigenvalue weighted by Crippen LogP contribution is 2.21. The summed E-state index contributed by atoms with van der Waals surface area (Å²) in [5.74, 6) is 0.618. The van der Waals surface area contributed by atoms with Crippen molar-refractivity contribution in [2.45, 2.75) is 26.7 Å². The van der Waals surface area contributed by atoms with E-state index in [4.69, 9.17) is 0 Å². The number of likely N-dealkylation sites (tertiary alicyclic amines) is 1. The van der Waals surface area contributed by atoms with Crippen molar-refractivity contribution >= 4 is 23.1 Å². The Labute approximate surface area is 148 Å². The highest BCUT2D eigenvalue weighted by molar-refractivity contribution is 5.93. The van der Waals surface area contributed by atoms with Crippen LogP contribution in [-0.4, -0.2) is 47.0 Å². The monoisotopic (exact) mass is 339 g/mol. The SMILES string of the molecule is CCN(CC)c1ccc(Nc2cc(C(=O)N3CCCC3)ncn2)cc1. The minimum Gasteiger partial charge on any atom is -0.372 e. The topological polar surface area (TPSA) is 61.4 Å². The molecule has 6 nitrogen and oxygen atoms in total. The number of nitrogens with zero attached hydrogens (tertiary/aromatic N) is 4. The predicted molar refractivity (Wildman–Crippen MR) is 100 cm³/mol. The Hall–Kier alpha value is -2.63. The van der Waals surface area contributed by atoms with Crippen LogP contribution in [-0.2, 0) is 0 Å². The Morgan fingerprint density at radius 1 is 1.12 bits per heavy atom. The Kier molecular flexibility index (Phi) is 5.48. The first kappa shape index (κ1) is 17.2. The number of hydrogen-bond donors (Lipinski definition) is 1. The average molecular weight is 339 g/mol. The number of carbonyl (C=O) groups excluding carboxylic acids is 1. The maximum Gasteiger partial charge on any atom is 0.272 e. The molecule has 132 valence electrons. The lowest BCUT2D eigenvalue weighted by molar-refractivity contribution is 0.0787. The zero-order valence-corrected chi connectivity index (χ0v) is 14.9. The van der Waals surface area contributed by atoms with Gasteiger partial charge in [0.1, 0.15) is 17.8 Å². The Balaban J connectivity index is 1.70. The third-order valence-electron chi connectivity index (χ3n) is 4.55. The van der Waals surface area contributed by atoms with Gasteiger partial charge < -0.3 is 15.1 Å². The van der Waals surface area contributed by atoms with Gasteiger partial charge in [-0.3, -0.25) is 4.79 Å². The fraction of sp³-hybridized carbons (Fsp3) is 0.421. The van der Waals surface area contributed by atoms with E-state index < -0.39 is 0 Å². The number of nitrogens with one attached hydrogen (secondary N) is 1. The van der Waals surface area contributed by atoms with E-state index in [-0.39, 0.29) is 5.91 Å². The lowest BCUT2D eigenvalue weighted by Crippen LogP contribution is -2.28. The van der Waals surface area contributed by atoms with Gasteiger partial charge in [0.05, 0.1) is 0 Å². The van der Waals surface area contributed by atoms with Crippen LogP contribution in [0.2, 0.25) is 0 Å². The van der Waals surface area contributed by atoms with Gasteiger partial charge in [-0.15, -0.1) is 0 Å². The van der Waals surface area contributed by atoms with E-state index in [1.54, 1.807) is 6.07 Å². The van der Waals surface area contributed by atoms with Gasteiger partial charge in [-0.2, -0.15) is 0 Å². The van der Waals surface area contributed by atoms with Gasteiger partial charge >= 0.3 is 0 Å². The molecule has 2 aromatic rings. The van der Waals surface area contributed by atoms with E-state index in [9.17, 15) is 4.79 Å². The van der Waals surface area contributed by atoms with Crippen LogP contribution in [0.5, 0.6) is 0 Å². The maximum absolute atomic E-state index is 12.4. The van der Waals surface area contributed by atoms with Crippen molar-refractivity contribution in [2.24, 2.45) is 0 Å². The number of amides is 1. The van der Waals surface area contributed by atoms with Gasteiger partial charge in [0.25, 0.3) is 5.91 Å². The summed E-state index contributed by atoms with van der Waals surface area (Å²) in [5.41, 5.74) is 2.58. The van der Waals surface area contributed by atoms with E-state index in [0.29, 0.717) is 11.5 Å². The second-order valence-electron chi connectivity index (χ2n) is 6.13. The number of aromatic nitrogens is 2. The summed E-state index contributed by atoms with van der Waals surface area (Å²) in [6, 6.07) is 9.95. The molecular formula is C19H25N5O. The zero-order chi connectivity index (χ0) is 17.6. The quantitative estimate of drug-likeness (QED) is 0.875. The molecule has 2 heterocycles. The summed E-state index contributed by atoms with van der Waals surface area (Å²) in [7, 11) is 0. The number of anilines is 3. The molecule has 0 bridgehead atoms. The first-order chi connectivity index (χ1) is 12.2. The molecule has 1 aromatic carbocycles. The van der Waals surface area contributed by atoms with E-state index in [1.807, 2.05) is 17.0 Å². The summed E-state index contributed by atoms with van der Waals surface area (Å²) in [5, 5.41) is 3.25. The lowest BCUT2D eigenvalue weighted by Gasteiger charge is -2.21.